The first-order chi connectivity index (χ1) is 13.8. The average molecular weight is 401 g/mol. The Morgan fingerprint density at radius 1 is 1.10 bits per heavy atom. The van der Waals surface area contributed by atoms with Gasteiger partial charge in [0, 0.05) is 43.6 Å². The van der Waals surface area contributed by atoms with E-state index in [9.17, 15) is 14.0 Å². The van der Waals surface area contributed by atoms with Crippen LogP contribution in [0.4, 0.5) is 25.4 Å². The predicted molar refractivity (Wildman–Crippen MR) is 108 cm³/mol. The van der Waals surface area contributed by atoms with Crippen molar-refractivity contribution < 1.29 is 19.1 Å². The molecule has 29 heavy (non-hydrogen) atoms. The lowest BCUT2D eigenvalue weighted by Gasteiger charge is -2.37. The van der Waals surface area contributed by atoms with E-state index in [1.807, 2.05) is 13.8 Å². The lowest BCUT2D eigenvalue weighted by Crippen LogP contribution is -2.48. The molecule has 0 bridgehead atoms. The number of hydrogen-bond donors (Lipinski definition) is 3. The van der Waals surface area contributed by atoms with Crippen LogP contribution in [-0.2, 0) is 0 Å². The summed E-state index contributed by atoms with van der Waals surface area (Å²) >= 11 is 0. The molecule has 3 amide bonds. The van der Waals surface area contributed by atoms with Crippen LogP contribution >= 0.6 is 0 Å². The fourth-order valence-corrected chi connectivity index (χ4v) is 3.27. The van der Waals surface area contributed by atoms with Crippen molar-refractivity contribution in [1.82, 2.24) is 14.8 Å². The molecular weight excluding hydrogens is 377 g/mol. The van der Waals surface area contributed by atoms with Gasteiger partial charge in [-0.05, 0) is 49.7 Å². The molecule has 1 fully saturated rings. The number of rotatable bonds is 4. The summed E-state index contributed by atoms with van der Waals surface area (Å²) in [5, 5.41) is 14.4. The quantitative estimate of drug-likeness (QED) is 0.728. The Kier molecular flexibility index (Phi) is 6.28. The number of hydrogen-bond acceptors (Lipinski definition) is 4. The molecule has 154 valence electrons. The summed E-state index contributed by atoms with van der Waals surface area (Å²) in [5.41, 5.74) is 2.42. The largest absolute Gasteiger partial charge is 0.465 e. The van der Waals surface area contributed by atoms with Gasteiger partial charge in [-0.3, -0.25) is 9.88 Å². The van der Waals surface area contributed by atoms with Gasteiger partial charge in [0.25, 0.3) is 0 Å². The molecule has 0 unspecified atom stereocenters. The highest BCUT2D eigenvalue weighted by Crippen LogP contribution is 2.25. The molecule has 0 spiro atoms. The third kappa shape index (κ3) is 5.41. The van der Waals surface area contributed by atoms with Gasteiger partial charge in [-0.2, -0.15) is 0 Å². The van der Waals surface area contributed by atoms with Gasteiger partial charge >= 0.3 is 12.1 Å². The number of halogens is 1. The molecule has 9 heteroatoms. The first-order valence-electron chi connectivity index (χ1n) is 9.35. The van der Waals surface area contributed by atoms with Gasteiger partial charge in [-0.1, -0.05) is 0 Å². The lowest BCUT2D eigenvalue weighted by molar-refractivity contribution is 0.0888. The van der Waals surface area contributed by atoms with E-state index in [1.165, 1.54) is 17.0 Å². The van der Waals surface area contributed by atoms with E-state index in [0.29, 0.717) is 43.1 Å². The Labute approximate surface area is 168 Å². The number of pyridine rings is 1. The number of anilines is 2. The number of aromatic nitrogens is 1. The van der Waals surface area contributed by atoms with Crippen LogP contribution in [0.15, 0.2) is 36.5 Å². The van der Waals surface area contributed by atoms with Gasteiger partial charge in [0.15, 0.2) is 0 Å². The van der Waals surface area contributed by atoms with Crippen LogP contribution in [0, 0.1) is 12.7 Å². The molecule has 3 rings (SSSR count). The zero-order valence-corrected chi connectivity index (χ0v) is 16.4. The first kappa shape index (κ1) is 20.5. The number of carboxylic acid groups (broad SMARTS) is 1. The lowest BCUT2D eigenvalue weighted by atomic mass is 10.0. The minimum Gasteiger partial charge on any atom is -0.465 e. The predicted octanol–water partition coefficient (Wildman–Crippen LogP) is 3.53. The second kappa shape index (κ2) is 8.87. The third-order valence-electron chi connectivity index (χ3n) is 4.96. The Morgan fingerprint density at radius 3 is 2.41 bits per heavy atom. The van der Waals surface area contributed by atoms with Crippen LogP contribution in [0.3, 0.4) is 0 Å². The molecule has 0 radical (unpaired) electrons. The molecule has 1 aromatic heterocycles. The van der Waals surface area contributed by atoms with E-state index < -0.39 is 17.9 Å². The van der Waals surface area contributed by atoms with Crippen LogP contribution in [0.25, 0.3) is 0 Å². The Bertz CT molecular complexity index is 882. The summed E-state index contributed by atoms with van der Waals surface area (Å²) in [6, 6.07) is 7.32. The standard InChI is InChI=1S/C20H24FN5O3/c1-13-3-4-17(12-22-13)23-19(27)24-18-10-15(9-16(21)11-18)14(2)25-5-7-26(8-6-25)20(28)29/h3-4,9-12,14H,5-8H2,1-2H3,(H,28,29)(H2,23,24,27)/t14-/m1/s1. The summed E-state index contributed by atoms with van der Waals surface area (Å²) < 4.78 is 14.2. The fourth-order valence-electron chi connectivity index (χ4n) is 3.27. The smallest absolute Gasteiger partial charge is 0.407 e. The minimum atomic E-state index is -0.927. The van der Waals surface area contributed by atoms with Crippen molar-refractivity contribution >= 4 is 23.5 Å². The van der Waals surface area contributed by atoms with Crippen molar-refractivity contribution in [3.63, 3.8) is 0 Å². The summed E-state index contributed by atoms with van der Waals surface area (Å²) in [5.74, 6) is -0.453. The zero-order valence-electron chi connectivity index (χ0n) is 16.4. The molecule has 1 aliphatic heterocycles. The van der Waals surface area contributed by atoms with Crippen molar-refractivity contribution in [2.24, 2.45) is 0 Å². The van der Waals surface area contributed by atoms with E-state index in [-0.39, 0.29) is 6.04 Å². The van der Waals surface area contributed by atoms with Crippen molar-refractivity contribution in [2.45, 2.75) is 19.9 Å². The second-order valence-corrected chi connectivity index (χ2v) is 7.02. The van der Waals surface area contributed by atoms with Gasteiger partial charge in [0.05, 0.1) is 11.9 Å². The first-order valence-corrected chi connectivity index (χ1v) is 9.35. The Morgan fingerprint density at radius 2 is 1.79 bits per heavy atom. The highest BCUT2D eigenvalue weighted by atomic mass is 19.1. The molecule has 2 heterocycles. The van der Waals surface area contributed by atoms with E-state index in [1.54, 1.807) is 24.4 Å². The van der Waals surface area contributed by atoms with E-state index in [4.69, 9.17) is 5.11 Å². The minimum absolute atomic E-state index is 0.119. The topological polar surface area (TPSA) is 97.8 Å². The molecule has 0 aliphatic carbocycles. The molecule has 1 aliphatic rings. The van der Waals surface area contributed by atoms with E-state index in [0.717, 1.165) is 5.69 Å². The molecule has 8 nitrogen and oxygen atoms in total. The van der Waals surface area contributed by atoms with Crippen molar-refractivity contribution in [2.75, 3.05) is 36.8 Å². The number of amides is 3. The van der Waals surface area contributed by atoms with Gasteiger partial charge < -0.3 is 20.6 Å². The van der Waals surface area contributed by atoms with Crippen molar-refractivity contribution in [3.05, 3.63) is 53.6 Å². The van der Waals surface area contributed by atoms with Crippen LogP contribution < -0.4 is 10.6 Å². The third-order valence-corrected chi connectivity index (χ3v) is 4.96. The van der Waals surface area contributed by atoms with E-state index >= 15 is 0 Å². The number of urea groups is 1. The molecular formula is C20H24FN5O3. The molecule has 1 saturated heterocycles. The number of carbonyl (C=O) groups excluding carboxylic acids is 1. The summed E-state index contributed by atoms with van der Waals surface area (Å²) in [4.78, 5) is 30.8. The summed E-state index contributed by atoms with van der Waals surface area (Å²) in [6.45, 7) is 5.73. The zero-order chi connectivity index (χ0) is 21.0. The Hall–Kier alpha value is -3.20. The monoisotopic (exact) mass is 401 g/mol. The molecule has 1 atom stereocenters. The van der Waals surface area contributed by atoms with Gasteiger partial charge in [-0.15, -0.1) is 0 Å². The van der Waals surface area contributed by atoms with Crippen molar-refractivity contribution in [3.8, 4) is 0 Å². The maximum atomic E-state index is 14.2. The average Bonchev–Trinajstić information content (AvgIpc) is 2.68. The SMILES string of the molecule is Cc1ccc(NC(=O)Nc2cc(F)cc([C@@H](C)N3CCN(C(=O)O)CC3)c2)cn1. The summed E-state index contributed by atoms with van der Waals surface area (Å²) in [6.07, 6.45) is 0.620. The number of benzene rings is 1. The molecule has 3 N–H and O–H groups in total. The number of carbonyl (C=O) groups is 2. The number of nitrogens with zero attached hydrogens (tertiary/aromatic N) is 3. The molecule has 1 aromatic carbocycles. The number of piperazine rings is 1. The van der Waals surface area contributed by atoms with Crippen molar-refractivity contribution in [1.29, 1.82) is 0 Å². The van der Waals surface area contributed by atoms with Gasteiger partial charge in [0.2, 0.25) is 0 Å². The maximum Gasteiger partial charge on any atom is 0.407 e. The molecule has 0 saturated carbocycles. The fraction of sp³-hybridized carbons (Fsp3) is 0.350. The second-order valence-electron chi connectivity index (χ2n) is 7.02. The number of aryl methyl sites for hydroxylation is 1. The number of nitrogens with one attached hydrogen (secondary N) is 2. The van der Waals surface area contributed by atoms with Crippen LogP contribution in [0.1, 0.15) is 24.2 Å². The highest BCUT2D eigenvalue weighted by Gasteiger charge is 2.25. The highest BCUT2D eigenvalue weighted by molar-refractivity contribution is 5.99. The summed E-state index contributed by atoms with van der Waals surface area (Å²) in [7, 11) is 0. The van der Waals surface area contributed by atoms with E-state index in [2.05, 4.69) is 20.5 Å². The molecule has 2 aromatic rings. The van der Waals surface area contributed by atoms with Gasteiger partial charge in [0.1, 0.15) is 5.82 Å². The van der Waals surface area contributed by atoms with Gasteiger partial charge in [-0.25, -0.2) is 14.0 Å². The van der Waals surface area contributed by atoms with Crippen LogP contribution in [0.5, 0.6) is 0 Å². The Balaban J connectivity index is 1.65. The van der Waals surface area contributed by atoms with Crippen LogP contribution in [0.2, 0.25) is 0 Å². The van der Waals surface area contributed by atoms with Crippen LogP contribution in [-0.4, -0.2) is 58.2 Å². The maximum absolute atomic E-state index is 14.2. The normalized spacial score (nSPS) is 15.6.